The third-order valence-corrected chi connectivity index (χ3v) is 6.48. The third-order valence-electron chi connectivity index (χ3n) is 4.41. The highest BCUT2D eigenvalue weighted by atomic mass is 28.3. The zero-order valence-corrected chi connectivity index (χ0v) is 15.9. The number of rotatable bonds is 5. The normalized spacial score (nSPS) is 13.2. The molecule has 0 amide bonds. The Morgan fingerprint density at radius 1 is 1.09 bits per heavy atom. The van der Waals surface area contributed by atoms with E-state index in [4.69, 9.17) is 4.98 Å². The summed E-state index contributed by atoms with van der Waals surface area (Å²) in [5.74, 6) is 0.725. The van der Waals surface area contributed by atoms with E-state index < -0.39 is 8.07 Å². The summed E-state index contributed by atoms with van der Waals surface area (Å²) < 4.78 is 0. The molecule has 0 saturated carbocycles. The van der Waals surface area contributed by atoms with E-state index in [9.17, 15) is 0 Å². The van der Waals surface area contributed by atoms with Crippen molar-refractivity contribution in [3.05, 3.63) is 47.7 Å². The second-order valence-corrected chi connectivity index (χ2v) is 12.6. The Morgan fingerprint density at radius 3 is 2.27 bits per heavy atom. The Bertz CT molecular complexity index is 623. The molecule has 1 unspecified atom stereocenters. The zero-order chi connectivity index (χ0) is 16.3. The zero-order valence-electron chi connectivity index (χ0n) is 14.9. The van der Waals surface area contributed by atoms with Gasteiger partial charge in [0.15, 0.2) is 0 Å². The van der Waals surface area contributed by atoms with Gasteiger partial charge in [0, 0.05) is 11.8 Å². The van der Waals surface area contributed by atoms with Gasteiger partial charge in [0.1, 0.15) is 0 Å². The molecule has 0 N–H and O–H groups in total. The van der Waals surface area contributed by atoms with Crippen LogP contribution in [0.1, 0.15) is 31.4 Å². The number of nitrogens with zero attached hydrogens (tertiary/aromatic N) is 1. The minimum Gasteiger partial charge on any atom is -0.256 e. The number of aryl methyl sites for hydroxylation is 1. The van der Waals surface area contributed by atoms with Crippen molar-refractivity contribution in [3.63, 3.8) is 0 Å². The number of pyridine rings is 1. The molecule has 2 heteroatoms. The highest BCUT2D eigenvalue weighted by Gasteiger charge is 2.22. The predicted octanol–water partition coefficient (Wildman–Crippen LogP) is 5.19. The van der Waals surface area contributed by atoms with Gasteiger partial charge in [0.05, 0.1) is 13.8 Å². The molecule has 1 atom stereocenters. The molecule has 0 spiro atoms. The summed E-state index contributed by atoms with van der Waals surface area (Å²) in [6.07, 6.45) is 4.55. The minimum atomic E-state index is -1.35. The quantitative estimate of drug-likeness (QED) is 0.692. The lowest BCUT2D eigenvalue weighted by atomic mass is 9.98. The van der Waals surface area contributed by atoms with Crippen LogP contribution in [-0.4, -0.2) is 13.1 Å². The molecule has 1 nitrogen and oxygen atoms in total. The molecule has 1 heterocycles. The van der Waals surface area contributed by atoms with Crippen molar-refractivity contribution in [1.29, 1.82) is 0 Å². The highest BCUT2D eigenvalue weighted by molar-refractivity contribution is 6.89. The summed E-state index contributed by atoms with van der Waals surface area (Å²) in [5.41, 5.74) is 5.14. The highest BCUT2D eigenvalue weighted by Crippen LogP contribution is 2.21. The topological polar surface area (TPSA) is 12.9 Å². The molecule has 0 aliphatic heterocycles. The molecule has 1 aromatic heterocycles. The van der Waals surface area contributed by atoms with E-state index in [-0.39, 0.29) is 0 Å². The van der Waals surface area contributed by atoms with Gasteiger partial charge in [-0.05, 0) is 36.1 Å². The van der Waals surface area contributed by atoms with Gasteiger partial charge in [-0.25, -0.2) is 0 Å². The van der Waals surface area contributed by atoms with Gasteiger partial charge in [0.2, 0.25) is 0 Å². The minimum absolute atomic E-state index is 0.725. The Labute approximate surface area is 136 Å². The van der Waals surface area contributed by atoms with Gasteiger partial charge in [0.25, 0.3) is 0 Å². The fourth-order valence-electron chi connectivity index (χ4n) is 2.74. The maximum atomic E-state index is 4.77. The Balaban J connectivity index is 2.46. The standard InChI is InChI=1S/C20H29NSi/c1-7-15(2)12-18-13-19(17-10-8-16(3)9-11-17)21-14-20(18)22(4,5)6/h8-11,13-15H,7,12H2,1-6H3. The van der Waals surface area contributed by atoms with Crippen molar-refractivity contribution in [1.82, 2.24) is 4.98 Å². The first-order chi connectivity index (χ1) is 10.3. The molecule has 0 aliphatic rings. The molecular weight excluding hydrogens is 282 g/mol. The lowest BCUT2D eigenvalue weighted by Crippen LogP contribution is -2.41. The van der Waals surface area contributed by atoms with Gasteiger partial charge in [-0.1, -0.05) is 69.7 Å². The van der Waals surface area contributed by atoms with Crippen LogP contribution in [0.15, 0.2) is 36.5 Å². The number of hydrogen-bond acceptors (Lipinski definition) is 1. The first-order valence-corrected chi connectivity index (χ1v) is 11.9. The summed E-state index contributed by atoms with van der Waals surface area (Å²) >= 11 is 0. The van der Waals surface area contributed by atoms with E-state index >= 15 is 0 Å². The molecule has 2 rings (SSSR count). The first kappa shape index (κ1) is 16.9. The van der Waals surface area contributed by atoms with E-state index in [0.717, 1.165) is 18.0 Å². The van der Waals surface area contributed by atoms with Gasteiger partial charge >= 0.3 is 0 Å². The molecule has 0 fully saturated rings. The summed E-state index contributed by atoms with van der Waals surface area (Å²) in [6, 6.07) is 11.0. The predicted molar refractivity (Wildman–Crippen MR) is 101 cm³/mol. The van der Waals surface area contributed by atoms with E-state index in [1.54, 1.807) is 0 Å². The Kier molecular flexibility index (Phi) is 5.22. The van der Waals surface area contributed by atoms with E-state index in [2.05, 4.69) is 76.9 Å². The largest absolute Gasteiger partial charge is 0.256 e. The Hall–Kier alpha value is -1.41. The van der Waals surface area contributed by atoms with E-state index in [1.807, 2.05) is 0 Å². The van der Waals surface area contributed by atoms with Crippen LogP contribution in [0.4, 0.5) is 0 Å². The number of aromatic nitrogens is 1. The number of benzene rings is 1. The average Bonchev–Trinajstić information content (AvgIpc) is 2.46. The molecule has 2 aromatic rings. The first-order valence-electron chi connectivity index (χ1n) is 8.37. The molecule has 0 radical (unpaired) electrons. The summed E-state index contributed by atoms with van der Waals surface area (Å²) in [7, 11) is -1.35. The summed E-state index contributed by atoms with van der Waals surface area (Å²) in [6.45, 7) is 14.0. The van der Waals surface area contributed by atoms with Gasteiger partial charge in [-0.15, -0.1) is 0 Å². The van der Waals surface area contributed by atoms with Crippen molar-refractivity contribution in [3.8, 4) is 11.3 Å². The molecule has 0 saturated heterocycles. The van der Waals surface area contributed by atoms with Crippen molar-refractivity contribution in [2.75, 3.05) is 0 Å². The monoisotopic (exact) mass is 311 g/mol. The molecule has 22 heavy (non-hydrogen) atoms. The Morgan fingerprint density at radius 2 is 1.73 bits per heavy atom. The van der Waals surface area contributed by atoms with Crippen LogP contribution in [0, 0.1) is 12.8 Å². The van der Waals surface area contributed by atoms with Crippen molar-refractivity contribution in [2.45, 2.75) is 53.3 Å². The van der Waals surface area contributed by atoms with Crippen molar-refractivity contribution >= 4 is 13.3 Å². The van der Waals surface area contributed by atoms with Crippen LogP contribution in [0.2, 0.25) is 19.6 Å². The van der Waals surface area contributed by atoms with E-state index in [1.165, 1.54) is 28.3 Å². The van der Waals surface area contributed by atoms with Crippen molar-refractivity contribution in [2.24, 2.45) is 5.92 Å². The fraction of sp³-hybridized carbons (Fsp3) is 0.450. The van der Waals surface area contributed by atoms with E-state index in [0.29, 0.717) is 0 Å². The lowest BCUT2D eigenvalue weighted by molar-refractivity contribution is 0.561. The van der Waals surface area contributed by atoms with Gasteiger partial charge in [-0.3, -0.25) is 4.98 Å². The fourth-order valence-corrected chi connectivity index (χ4v) is 4.33. The smallest absolute Gasteiger partial charge is 0.0799 e. The summed E-state index contributed by atoms with van der Waals surface area (Å²) in [5, 5.41) is 1.52. The van der Waals surface area contributed by atoms with Crippen molar-refractivity contribution < 1.29 is 0 Å². The van der Waals surface area contributed by atoms with Crippen LogP contribution in [0.5, 0.6) is 0 Å². The third kappa shape index (κ3) is 4.07. The van der Waals surface area contributed by atoms with Crippen LogP contribution < -0.4 is 5.19 Å². The van der Waals surface area contributed by atoms with Gasteiger partial charge < -0.3 is 0 Å². The maximum absolute atomic E-state index is 4.77. The number of hydrogen-bond donors (Lipinski definition) is 0. The average molecular weight is 312 g/mol. The lowest BCUT2D eigenvalue weighted by Gasteiger charge is -2.23. The SMILES string of the molecule is CCC(C)Cc1cc(-c2ccc(C)cc2)ncc1[Si](C)(C)C. The molecule has 0 bridgehead atoms. The molecule has 1 aromatic carbocycles. The summed E-state index contributed by atoms with van der Waals surface area (Å²) in [4.78, 5) is 4.77. The second kappa shape index (κ2) is 6.78. The molecule has 118 valence electrons. The van der Waals surface area contributed by atoms with Crippen LogP contribution in [0.3, 0.4) is 0 Å². The maximum Gasteiger partial charge on any atom is 0.0799 e. The molecular formula is C20H29NSi. The van der Waals surface area contributed by atoms with Crippen LogP contribution in [-0.2, 0) is 6.42 Å². The van der Waals surface area contributed by atoms with Crippen LogP contribution in [0.25, 0.3) is 11.3 Å². The van der Waals surface area contributed by atoms with Gasteiger partial charge in [-0.2, -0.15) is 0 Å². The second-order valence-electron chi connectivity index (χ2n) is 7.56. The molecule has 0 aliphatic carbocycles. The van der Waals surface area contributed by atoms with Crippen LogP contribution >= 0.6 is 0 Å².